The molecule has 0 rings (SSSR count). The monoisotopic (exact) mass is 188 g/mol. The van der Waals surface area contributed by atoms with Crippen molar-refractivity contribution in [2.75, 3.05) is 0 Å². The van der Waals surface area contributed by atoms with Crippen LogP contribution in [0.1, 0.15) is 46.5 Å². The van der Waals surface area contributed by atoms with Crippen LogP contribution in [0, 0.1) is 5.92 Å². The van der Waals surface area contributed by atoms with Crippen molar-refractivity contribution in [3.8, 4) is 0 Å². The molecule has 0 fully saturated rings. The fourth-order valence-corrected chi connectivity index (χ4v) is 1.18. The Morgan fingerprint density at radius 3 is 2.42 bits per heavy atom. The average Bonchev–Trinajstić information content (AvgIpc) is 2.10. The second-order valence-corrected chi connectivity index (χ2v) is 3.99. The van der Waals surface area contributed by atoms with Gasteiger partial charge in [-0.1, -0.05) is 52.2 Å². The van der Waals surface area contributed by atoms with Crippen molar-refractivity contribution in [2.24, 2.45) is 5.92 Å². The average molecular weight is 189 g/mol. The van der Waals surface area contributed by atoms with Crippen LogP contribution in [0.25, 0.3) is 0 Å². The molecule has 0 aromatic heterocycles. The molecule has 0 aromatic rings. The second-order valence-electron chi connectivity index (χ2n) is 3.43. The van der Waals surface area contributed by atoms with Crippen LogP contribution >= 0.6 is 11.6 Å². The molecule has 0 aliphatic heterocycles. The van der Waals surface area contributed by atoms with Crippen molar-refractivity contribution < 1.29 is 0 Å². The fourth-order valence-electron chi connectivity index (χ4n) is 0.942. The molecule has 0 aliphatic carbocycles. The first kappa shape index (κ1) is 12.0. The van der Waals surface area contributed by atoms with E-state index in [9.17, 15) is 0 Å². The lowest BCUT2D eigenvalue weighted by Gasteiger charge is -2.04. The van der Waals surface area contributed by atoms with Gasteiger partial charge < -0.3 is 0 Å². The van der Waals surface area contributed by atoms with Gasteiger partial charge in [-0.25, -0.2) is 0 Å². The van der Waals surface area contributed by atoms with E-state index >= 15 is 0 Å². The number of unbranched alkanes of at least 4 members (excludes halogenated alkanes) is 1. The lowest BCUT2D eigenvalue weighted by Crippen LogP contribution is -1.94. The van der Waals surface area contributed by atoms with Gasteiger partial charge in [0.05, 0.1) is 5.38 Å². The molecule has 0 heterocycles. The van der Waals surface area contributed by atoms with Crippen LogP contribution in [0.4, 0.5) is 0 Å². The summed E-state index contributed by atoms with van der Waals surface area (Å²) in [6.07, 6.45) is 9.16. The van der Waals surface area contributed by atoms with Gasteiger partial charge in [0.2, 0.25) is 0 Å². The van der Waals surface area contributed by atoms with Crippen molar-refractivity contribution in [2.45, 2.75) is 51.8 Å². The molecule has 0 aromatic carbocycles. The Bertz CT molecular complexity index is 118. The summed E-state index contributed by atoms with van der Waals surface area (Å²) in [6, 6.07) is 0. The maximum Gasteiger partial charge on any atom is 0.0516 e. The summed E-state index contributed by atoms with van der Waals surface area (Å²) < 4.78 is 0. The summed E-state index contributed by atoms with van der Waals surface area (Å²) in [5.41, 5.74) is 0. The Morgan fingerprint density at radius 1 is 1.25 bits per heavy atom. The van der Waals surface area contributed by atoms with E-state index in [0.717, 1.165) is 6.42 Å². The quantitative estimate of drug-likeness (QED) is 0.429. The van der Waals surface area contributed by atoms with E-state index in [1.807, 2.05) is 0 Å². The molecule has 0 amide bonds. The highest BCUT2D eigenvalue weighted by Gasteiger charge is 1.98. The van der Waals surface area contributed by atoms with Gasteiger partial charge in [0.15, 0.2) is 0 Å². The molecule has 1 heteroatoms. The molecular formula is C11H21Cl. The van der Waals surface area contributed by atoms with Gasteiger partial charge in [-0.2, -0.15) is 0 Å². The van der Waals surface area contributed by atoms with Gasteiger partial charge in [0, 0.05) is 0 Å². The molecule has 2 unspecified atom stereocenters. The van der Waals surface area contributed by atoms with Gasteiger partial charge in [-0.05, 0) is 12.3 Å². The van der Waals surface area contributed by atoms with Crippen LogP contribution in [0.2, 0.25) is 0 Å². The van der Waals surface area contributed by atoms with Gasteiger partial charge in [-0.3, -0.25) is 0 Å². The summed E-state index contributed by atoms with van der Waals surface area (Å²) in [5, 5.41) is 0.249. The zero-order chi connectivity index (χ0) is 9.40. The Kier molecular flexibility index (Phi) is 7.69. The third-order valence-electron chi connectivity index (χ3n) is 2.13. The topological polar surface area (TPSA) is 0 Å². The first-order chi connectivity index (χ1) is 5.70. The number of halogens is 1. The normalized spacial score (nSPS) is 16.7. The van der Waals surface area contributed by atoms with Crippen LogP contribution in [0.5, 0.6) is 0 Å². The highest BCUT2D eigenvalue weighted by atomic mass is 35.5. The number of allylic oxidation sites excluding steroid dienone is 2. The molecule has 2 atom stereocenters. The smallest absolute Gasteiger partial charge is 0.0516 e. The predicted octanol–water partition coefficient (Wildman–Crippen LogP) is 4.39. The molecule has 0 radical (unpaired) electrons. The molecular weight excluding hydrogens is 168 g/mol. The van der Waals surface area contributed by atoms with Crippen LogP contribution in [-0.4, -0.2) is 5.38 Å². The van der Waals surface area contributed by atoms with Crippen LogP contribution < -0.4 is 0 Å². The van der Waals surface area contributed by atoms with E-state index < -0.39 is 0 Å². The van der Waals surface area contributed by atoms with E-state index in [0.29, 0.717) is 5.92 Å². The van der Waals surface area contributed by atoms with Crippen LogP contribution in [0.3, 0.4) is 0 Å². The SMILES string of the molecule is CCCCC(Cl)C=CC(C)CC. The maximum absolute atomic E-state index is 6.07. The Balaban J connectivity index is 3.52. The lowest BCUT2D eigenvalue weighted by molar-refractivity contribution is 0.687. The Labute approximate surface area is 82.0 Å². The van der Waals surface area contributed by atoms with Gasteiger partial charge in [-0.15, -0.1) is 11.6 Å². The summed E-state index contributed by atoms with van der Waals surface area (Å²) in [7, 11) is 0. The van der Waals surface area contributed by atoms with E-state index in [1.54, 1.807) is 0 Å². The second kappa shape index (κ2) is 7.67. The third-order valence-corrected chi connectivity index (χ3v) is 2.49. The molecule has 0 saturated heterocycles. The maximum atomic E-state index is 6.07. The van der Waals surface area contributed by atoms with E-state index in [-0.39, 0.29) is 5.38 Å². The minimum absolute atomic E-state index is 0.249. The van der Waals surface area contributed by atoms with Crippen LogP contribution in [-0.2, 0) is 0 Å². The minimum Gasteiger partial charge on any atom is -0.118 e. The summed E-state index contributed by atoms with van der Waals surface area (Å²) in [6.45, 7) is 6.62. The van der Waals surface area contributed by atoms with Crippen molar-refractivity contribution in [1.29, 1.82) is 0 Å². The first-order valence-corrected chi connectivity index (χ1v) is 5.46. The molecule has 0 spiro atoms. The van der Waals surface area contributed by atoms with Gasteiger partial charge in [0.25, 0.3) is 0 Å². The minimum atomic E-state index is 0.249. The lowest BCUT2D eigenvalue weighted by atomic mass is 10.1. The highest BCUT2D eigenvalue weighted by molar-refractivity contribution is 6.21. The number of alkyl halides is 1. The number of hydrogen-bond acceptors (Lipinski definition) is 0. The zero-order valence-corrected chi connectivity index (χ0v) is 9.27. The van der Waals surface area contributed by atoms with E-state index in [4.69, 9.17) is 11.6 Å². The summed E-state index contributed by atoms with van der Waals surface area (Å²) in [5.74, 6) is 0.674. The molecule has 0 bridgehead atoms. The standard InChI is InChI=1S/C11H21Cl/c1-4-6-7-11(12)9-8-10(3)5-2/h8-11H,4-7H2,1-3H3. The Morgan fingerprint density at radius 2 is 1.92 bits per heavy atom. The Hall–Kier alpha value is 0.0300. The first-order valence-electron chi connectivity index (χ1n) is 5.03. The van der Waals surface area contributed by atoms with Gasteiger partial charge in [0.1, 0.15) is 0 Å². The highest BCUT2D eigenvalue weighted by Crippen LogP contribution is 2.11. The largest absolute Gasteiger partial charge is 0.118 e. The third kappa shape index (κ3) is 6.72. The van der Waals surface area contributed by atoms with Crippen LogP contribution in [0.15, 0.2) is 12.2 Å². The van der Waals surface area contributed by atoms with Crippen molar-refractivity contribution in [3.05, 3.63) is 12.2 Å². The molecule has 0 aliphatic rings. The molecule has 0 saturated carbocycles. The van der Waals surface area contributed by atoms with Crippen molar-refractivity contribution in [1.82, 2.24) is 0 Å². The van der Waals surface area contributed by atoms with Crippen molar-refractivity contribution in [3.63, 3.8) is 0 Å². The molecule has 0 N–H and O–H groups in total. The molecule has 12 heavy (non-hydrogen) atoms. The fraction of sp³-hybridized carbons (Fsp3) is 0.818. The zero-order valence-electron chi connectivity index (χ0n) is 8.52. The van der Waals surface area contributed by atoms with Gasteiger partial charge >= 0.3 is 0 Å². The summed E-state index contributed by atoms with van der Waals surface area (Å²) >= 11 is 6.07. The van der Waals surface area contributed by atoms with Crippen molar-refractivity contribution >= 4 is 11.6 Å². The van der Waals surface area contributed by atoms with E-state index in [2.05, 4.69) is 32.9 Å². The number of hydrogen-bond donors (Lipinski definition) is 0. The molecule has 0 nitrogen and oxygen atoms in total. The molecule has 72 valence electrons. The predicted molar refractivity (Wildman–Crippen MR) is 57.8 cm³/mol. The summed E-state index contributed by atoms with van der Waals surface area (Å²) in [4.78, 5) is 0. The number of rotatable bonds is 6. The van der Waals surface area contributed by atoms with E-state index in [1.165, 1.54) is 19.3 Å².